The predicted molar refractivity (Wildman–Crippen MR) is 116 cm³/mol. The quantitative estimate of drug-likeness (QED) is 0.626. The lowest BCUT2D eigenvalue weighted by Gasteiger charge is -2.34. The van der Waals surface area contributed by atoms with Crippen LogP contribution in [0, 0.1) is 6.92 Å². The van der Waals surface area contributed by atoms with E-state index in [-0.39, 0.29) is 0 Å². The molecule has 1 saturated heterocycles. The Morgan fingerprint density at radius 3 is 2.67 bits per heavy atom. The van der Waals surface area contributed by atoms with E-state index in [1.165, 1.54) is 5.56 Å². The fourth-order valence-corrected chi connectivity index (χ4v) is 4.17. The minimum absolute atomic E-state index is 0.326. The number of ether oxygens (including phenoxy) is 3. The maximum Gasteiger partial charge on any atom is 0.231 e. The van der Waals surface area contributed by atoms with Crippen molar-refractivity contribution in [3.63, 3.8) is 0 Å². The molecule has 1 aromatic heterocycles. The van der Waals surface area contributed by atoms with Crippen LogP contribution in [0.5, 0.6) is 17.2 Å². The summed E-state index contributed by atoms with van der Waals surface area (Å²) in [7, 11) is 0. The third-order valence-electron chi connectivity index (χ3n) is 5.83. The maximum atomic E-state index is 6.11. The number of rotatable bonds is 6. The van der Waals surface area contributed by atoms with Crippen molar-refractivity contribution in [3.05, 3.63) is 59.8 Å². The van der Waals surface area contributed by atoms with Crippen molar-refractivity contribution in [2.24, 2.45) is 0 Å². The van der Waals surface area contributed by atoms with E-state index in [1.807, 2.05) is 43.3 Å². The Morgan fingerprint density at radius 1 is 0.933 bits per heavy atom. The van der Waals surface area contributed by atoms with Crippen molar-refractivity contribution < 1.29 is 14.2 Å². The molecule has 0 spiro atoms. The number of pyridine rings is 1. The van der Waals surface area contributed by atoms with E-state index in [0.29, 0.717) is 13.4 Å². The molecule has 0 bridgehead atoms. The van der Waals surface area contributed by atoms with E-state index in [1.54, 1.807) is 0 Å². The second-order valence-corrected chi connectivity index (χ2v) is 7.89. The Hall–Kier alpha value is -2.83. The fraction of sp³-hybridized carbons (Fsp3) is 0.375. The van der Waals surface area contributed by atoms with Crippen LogP contribution in [0.1, 0.15) is 11.3 Å². The lowest BCUT2D eigenvalue weighted by atomic mass is 10.1. The fourth-order valence-electron chi connectivity index (χ4n) is 4.17. The van der Waals surface area contributed by atoms with Gasteiger partial charge in [0.05, 0.1) is 5.52 Å². The van der Waals surface area contributed by atoms with Crippen molar-refractivity contribution in [2.45, 2.75) is 13.5 Å². The molecule has 6 nitrogen and oxygen atoms in total. The van der Waals surface area contributed by atoms with Gasteiger partial charge in [0.1, 0.15) is 12.4 Å². The van der Waals surface area contributed by atoms with E-state index in [9.17, 15) is 0 Å². The molecule has 30 heavy (non-hydrogen) atoms. The minimum Gasteiger partial charge on any atom is -0.492 e. The molecule has 0 N–H and O–H groups in total. The third kappa shape index (κ3) is 4.06. The van der Waals surface area contributed by atoms with Crippen LogP contribution in [0.15, 0.2) is 48.5 Å². The number of nitrogens with zero attached hydrogens (tertiary/aromatic N) is 3. The first kappa shape index (κ1) is 19.2. The van der Waals surface area contributed by atoms with Crippen LogP contribution < -0.4 is 14.2 Å². The average molecular weight is 405 g/mol. The molecule has 0 atom stereocenters. The average Bonchev–Trinajstić information content (AvgIpc) is 3.25. The van der Waals surface area contributed by atoms with Crippen LogP contribution in [0.2, 0.25) is 0 Å². The van der Waals surface area contributed by atoms with Crippen LogP contribution >= 0.6 is 0 Å². The summed E-state index contributed by atoms with van der Waals surface area (Å²) < 4.78 is 17.2. The number of fused-ring (bicyclic) bond motifs is 2. The van der Waals surface area contributed by atoms with Crippen molar-refractivity contribution >= 4 is 10.9 Å². The monoisotopic (exact) mass is 405 g/mol. The van der Waals surface area contributed by atoms with Gasteiger partial charge in [-0.25, -0.2) is 0 Å². The maximum absolute atomic E-state index is 6.11. The molecule has 156 valence electrons. The number of piperazine rings is 1. The molecule has 0 radical (unpaired) electrons. The Morgan fingerprint density at radius 2 is 1.77 bits per heavy atom. The molecule has 0 unspecified atom stereocenters. The van der Waals surface area contributed by atoms with Gasteiger partial charge in [0.25, 0.3) is 0 Å². The summed E-state index contributed by atoms with van der Waals surface area (Å²) in [6.45, 7) is 9.04. The Bertz CT molecular complexity index is 1030. The van der Waals surface area contributed by atoms with Gasteiger partial charge >= 0.3 is 0 Å². The van der Waals surface area contributed by atoms with Crippen molar-refractivity contribution in [1.29, 1.82) is 0 Å². The summed E-state index contributed by atoms with van der Waals surface area (Å²) in [5.74, 6) is 2.69. The van der Waals surface area contributed by atoms with Crippen molar-refractivity contribution in [3.8, 4) is 17.2 Å². The highest BCUT2D eigenvalue weighted by atomic mass is 16.7. The predicted octanol–water partition coefficient (Wildman–Crippen LogP) is 3.47. The first-order chi connectivity index (χ1) is 14.8. The van der Waals surface area contributed by atoms with Crippen LogP contribution in [-0.2, 0) is 6.54 Å². The zero-order valence-electron chi connectivity index (χ0n) is 17.3. The molecule has 3 heterocycles. The summed E-state index contributed by atoms with van der Waals surface area (Å²) in [4.78, 5) is 9.54. The summed E-state index contributed by atoms with van der Waals surface area (Å²) in [5, 5.41) is 1.08. The van der Waals surface area contributed by atoms with Gasteiger partial charge in [-0.2, -0.15) is 0 Å². The van der Waals surface area contributed by atoms with Gasteiger partial charge < -0.3 is 14.2 Å². The van der Waals surface area contributed by atoms with Gasteiger partial charge in [-0.15, -0.1) is 0 Å². The lowest BCUT2D eigenvalue weighted by molar-refractivity contribution is 0.111. The summed E-state index contributed by atoms with van der Waals surface area (Å²) >= 11 is 0. The first-order valence-corrected chi connectivity index (χ1v) is 10.6. The SMILES string of the molecule is Cc1ccc2c(OCCN3CCN(Cc4cccc5c4OCO5)CC3)cccc2n1. The van der Waals surface area contributed by atoms with Gasteiger partial charge in [0.2, 0.25) is 6.79 Å². The minimum atomic E-state index is 0.326. The number of aryl methyl sites for hydroxylation is 1. The first-order valence-electron chi connectivity index (χ1n) is 10.6. The molecule has 3 aromatic rings. The molecule has 6 heteroatoms. The summed E-state index contributed by atoms with van der Waals surface area (Å²) in [6.07, 6.45) is 0. The Labute approximate surface area is 177 Å². The lowest BCUT2D eigenvalue weighted by Crippen LogP contribution is -2.47. The second-order valence-electron chi connectivity index (χ2n) is 7.89. The van der Waals surface area contributed by atoms with E-state index in [2.05, 4.69) is 26.9 Å². The third-order valence-corrected chi connectivity index (χ3v) is 5.83. The van der Waals surface area contributed by atoms with Gasteiger partial charge in [-0.3, -0.25) is 14.8 Å². The van der Waals surface area contributed by atoms with Crippen molar-refractivity contribution in [2.75, 3.05) is 46.1 Å². The van der Waals surface area contributed by atoms with Gasteiger partial charge in [-0.1, -0.05) is 18.2 Å². The summed E-state index contributed by atoms with van der Waals surface area (Å²) in [6, 6.07) is 16.4. The zero-order valence-corrected chi connectivity index (χ0v) is 17.3. The van der Waals surface area contributed by atoms with Gasteiger partial charge in [0.15, 0.2) is 11.5 Å². The largest absolute Gasteiger partial charge is 0.492 e. The molecular formula is C24H27N3O3. The molecule has 2 aliphatic rings. The second kappa shape index (κ2) is 8.50. The molecule has 0 aliphatic carbocycles. The van der Waals surface area contributed by atoms with Crippen LogP contribution in [-0.4, -0.2) is 60.9 Å². The molecule has 0 saturated carbocycles. The number of hydrogen-bond donors (Lipinski definition) is 0. The van der Waals surface area contributed by atoms with Crippen LogP contribution in [0.4, 0.5) is 0 Å². The highest BCUT2D eigenvalue weighted by Crippen LogP contribution is 2.36. The number of aromatic nitrogens is 1. The van der Waals surface area contributed by atoms with E-state index in [0.717, 1.165) is 73.1 Å². The van der Waals surface area contributed by atoms with E-state index in [4.69, 9.17) is 14.2 Å². The van der Waals surface area contributed by atoms with E-state index >= 15 is 0 Å². The smallest absolute Gasteiger partial charge is 0.231 e. The molecule has 0 amide bonds. The van der Waals surface area contributed by atoms with Gasteiger partial charge in [-0.05, 0) is 37.3 Å². The zero-order chi connectivity index (χ0) is 20.3. The topological polar surface area (TPSA) is 47.1 Å². The molecule has 2 aromatic carbocycles. The number of benzene rings is 2. The normalized spacial score (nSPS) is 16.8. The molecule has 1 fully saturated rings. The Balaban J connectivity index is 1.11. The Kier molecular flexibility index (Phi) is 5.43. The standard InChI is InChI=1S/C24H27N3O3/c1-18-8-9-20-21(25-18)5-3-6-22(20)28-15-14-26-10-12-27(13-11-26)16-19-4-2-7-23-24(19)30-17-29-23/h2-9H,10-17H2,1H3. The number of hydrogen-bond acceptors (Lipinski definition) is 6. The van der Waals surface area contributed by atoms with Crippen molar-refractivity contribution in [1.82, 2.24) is 14.8 Å². The van der Waals surface area contributed by atoms with Gasteiger partial charge in [0, 0.05) is 55.9 Å². The molecular weight excluding hydrogens is 378 g/mol. The highest BCUT2D eigenvalue weighted by molar-refractivity contribution is 5.85. The summed E-state index contributed by atoms with van der Waals surface area (Å²) in [5.41, 5.74) is 3.22. The molecule has 5 rings (SSSR count). The number of para-hydroxylation sites is 1. The van der Waals surface area contributed by atoms with Crippen LogP contribution in [0.3, 0.4) is 0 Å². The van der Waals surface area contributed by atoms with E-state index < -0.39 is 0 Å². The highest BCUT2D eigenvalue weighted by Gasteiger charge is 2.21. The van der Waals surface area contributed by atoms with Crippen LogP contribution in [0.25, 0.3) is 10.9 Å². The molecule has 2 aliphatic heterocycles.